The Balaban J connectivity index is 1.53. The van der Waals surface area contributed by atoms with Gasteiger partial charge in [-0.2, -0.15) is 0 Å². The number of thioether (sulfide) groups is 2. The molecular weight excluding hydrogens is 430 g/mol. The van der Waals surface area contributed by atoms with Gasteiger partial charge in [0, 0.05) is 36.3 Å². The smallest absolute Gasteiger partial charge is 0.253 e. The van der Waals surface area contributed by atoms with Gasteiger partial charge in [-0.05, 0) is 66.8 Å². The molecule has 3 amide bonds. The summed E-state index contributed by atoms with van der Waals surface area (Å²) in [6, 6.07) is 14.2. The maximum Gasteiger partial charge on any atom is 0.253 e. The number of anilines is 1. The lowest BCUT2D eigenvalue weighted by Crippen LogP contribution is -2.33. The van der Waals surface area contributed by atoms with Crippen molar-refractivity contribution in [3.63, 3.8) is 0 Å². The number of nitrogens with two attached hydrogens (primary N) is 1. The topological polar surface area (TPSA) is 92.5 Å². The summed E-state index contributed by atoms with van der Waals surface area (Å²) in [7, 11) is 0. The standard InChI is InChI=1S/C23H27N3O3S2/c1-2-26(13-12-20(27)25-19-10-8-16(9-11-19)21(24)28)22(29)17-4-6-18(7-5-17)23-30-14-3-15-31-23/h4-11,23H,2-3,12-15H2,1H3,(H2,24,28)(H,25,27). The van der Waals surface area contributed by atoms with Crippen LogP contribution in [-0.2, 0) is 4.79 Å². The quantitative estimate of drug-likeness (QED) is 0.621. The summed E-state index contributed by atoms with van der Waals surface area (Å²) < 4.78 is 0.445. The largest absolute Gasteiger partial charge is 0.366 e. The van der Waals surface area contributed by atoms with E-state index in [2.05, 4.69) is 5.32 Å². The molecule has 6 nitrogen and oxygen atoms in total. The van der Waals surface area contributed by atoms with Crippen molar-refractivity contribution in [3.8, 4) is 0 Å². The van der Waals surface area contributed by atoms with E-state index in [9.17, 15) is 14.4 Å². The predicted octanol–water partition coefficient (Wildman–Crippen LogP) is 4.15. The zero-order valence-corrected chi connectivity index (χ0v) is 19.1. The molecule has 0 bridgehead atoms. The molecule has 164 valence electrons. The Morgan fingerprint density at radius 3 is 2.19 bits per heavy atom. The van der Waals surface area contributed by atoms with Gasteiger partial charge in [0.05, 0.1) is 4.58 Å². The van der Waals surface area contributed by atoms with Crippen LogP contribution in [0.1, 0.15) is 50.6 Å². The van der Waals surface area contributed by atoms with E-state index in [1.165, 1.54) is 23.5 Å². The van der Waals surface area contributed by atoms with Crippen LogP contribution >= 0.6 is 23.5 Å². The second kappa shape index (κ2) is 11.2. The van der Waals surface area contributed by atoms with Gasteiger partial charge in [-0.15, -0.1) is 23.5 Å². The van der Waals surface area contributed by atoms with Crippen LogP contribution in [0.25, 0.3) is 0 Å². The SMILES string of the molecule is CCN(CCC(=O)Nc1ccc(C(N)=O)cc1)C(=O)c1ccc(C2SCCCS2)cc1. The molecule has 3 rings (SSSR count). The second-order valence-corrected chi connectivity index (χ2v) is 9.90. The van der Waals surface area contributed by atoms with E-state index in [0.717, 1.165) is 0 Å². The number of primary amides is 1. The molecule has 1 fully saturated rings. The number of nitrogens with one attached hydrogen (secondary N) is 1. The number of hydrogen-bond acceptors (Lipinski definition) is 5. The van der Waals surface area contributed by atoms with Gasteiger partial charge in [0.15, 0.2) is 0 Å². The lowest BCUT2D eigenvalue weighted by Gasteiger charge is -2.23. The molecule has 0 spiro atoms. The summed E-state index contributed by atoms with van der Waals surface area (Å²) in [6.45, 7) is 2.76. The van der Waals surface area contributed by atoms with Gasteiger partial charge >= 0.3 is 0 Å². The molecular formula is C23H27N3O3S2. The minimum absolute atomic E-state index is 0.0726. The first-order valence-corrected chi connectivity index (χ1v) is 12.4. The van der Waals surface area contributed by atoms with Crippen LogP contribution in [0.5, 0.6) is 0 Å². The molecule has 0 aromatic heterocycles. The Morgan fingerprint density at radius 2 is 1.61 bits per heavy atom. The zero-order valence-electron chi connectivity index (χ0n) is 17.5. The first-order valence-electron chi connectivity index (χ1n) is 10.3. The molecule has 1 heterocycles. The third-order valence-electron chi connectivity index (χ3n) is 4.99. The van der Waals surface area contributed by atoms with Crippen LogP contribution < -0.4 is 11.1 Å². The van der Waals surface area contributed by atoms with Crippen molar-refractivity contribution in [1.29, 1.82) is 0 Å². The number of carbonyl (C=O) groups is 3. The van der Waals surface area contributed by atoms with Gasteiger partial charge in [-0.1, -0.05) is 12.1 Å². The van der Waals surface area contributed by atoms with E-state index in [1.54, 1.807) is 29.2 Å². The highest BCUT2D eigenvalue weighted by molar-refractivity contribution is 8.16. The van der Waals surface area contributed by atoms with E-state index in [1.807, 2.05) is 54.7 Å². The summed E-state index contributed by atoms with van der Waals surface area (Å²) >= 11 is 3.91. The summed E-state index contributed by atoms with van der Waals surface area (Å²) in [5.41, 5.74) is 8.07. The number of nitrogens with zero attached hydrogens (tertiary/aromatic N) is 1. The van der Waals surface area contributed by atoms with Crippen molar-refractivity contribution in [1.82, 2.24) is 4.90 Å². The molecule has 31 heavy (non-hydrogen) atoms. The van der Waals surface area contributed by atoms with Gasteiger partial charge in [0.25, 0.3) is 5.91 Å². The Morgan fingerprint density at radius 1 is 1.00 bits per heavy atom. The number of hydrogen-bond donors (Lipinski definition) is 2. The highest BCUT2D eigenvalue weighted by Gasteiger charge is 2.19. The number of rotatable bonds is 8. The Hall–Kier alpha value is -2.45. The lowest BCUT2D eigenvalue weighted by molar-refractivity contribution is -0.116. The van der Waals surface area contributed by atoms with Crippen molar-refractivity contribution in [2.24, 2.45) is 5.73 Å². The van der Waals surface area contributed by atoms with Crippen molar-refractivity contribution in [3.05, 3.63) is 65.2 Å². The first-order chi connectivity index (χ1) is 15.0. The fraction of sp³-hybridized carbons (Fsp3) is 0.348. The third-order valence-corrected chi connectivity index (χ3v) is 8.00. The van der Waals surface area contributed by atoms with Gasteiger partial charge < -0.3 is 16.0 Å². The normalized spacial score (nSPS) is 14.1. The second-order valence-electron chi connectivity index (χ2n) is 7.17. The summed E-state index contributed by atoms with van der Waals surface area (Å²) in [4.78, 5) is 38.0. The van der Waals surface area contributed by atoms with Crippen molar-refractivity contribution in [2.45, 2.75) is 24.3 Å². The Bertz CT molecular complexity index is 911. The molecule has 1 saturated heterocycles. The molecule has 8 heteroatoms. The molecule has 0 atom stereocenters. The Labute approximate surface area is 191 Å². The molecule has 3 N–H and O–H groups in total. The van der Waals surface area contributed by atoms with E-state index in [0.29, 0.717) is 34.5 Å². The van der Waals surface area contributed by atoms with Gasteiger partial charge in [-0.25, -0.2) is 0 Å². The fourth-order valence-electron chi connectivity index (χ4n) is 3.23. The maximum atomic E-state index is 12.9. The average molecular weight is 458 g/mol. The average Bonchev–Trinajstić information content (AvgIpc) is 2.80. The third kappa shape index (κ3) is 6.51. The molecule has 0 radical (unpaired) electrons. The minimum Gasteiger partial charge on any atom is -0.366 e. The highest BCUT2D eigenvalue weighted by atomic mass is 32.2. The zero-order chi connectivity index (χ0) is 22.2. The number of benzene rings is 2. The van der Waals surface area contributed by atoms with Crippen molar-refractivity contribution >= 4 is 46.9 Å². The fourth-order valence-corrected chi connectivity index (χ4v) is 6.12. The molecule has 0 aliphatic carbocycles. The Kier molecular flexibility index (Phi) is 8.43. The predicted molar refractivity (Wildman–Crippen MR) is 129 cm³/mol. The summed E-state index contributed by atoms with van der Waals surface area (Å²) in [5, 5.41) is 2.78. The molecule has 0 saturated carbocycles. The monoisotopic (exact) mass is 457 g/mol. The van der Waals surface area contributed by atoms with Crippen LogP contribution in [0.2, 0.25) is 0 Å². The van der Waals surface area contributed by atoms with Gasteiger partial charge in [0.2, 0.25) is 11.8 Å². The molecule has 0 unspecified atom stereocenters. The van der Waals surface area contributed by atoms with Crippen LogP contribution in [-0.4, -0.2) is 47.2 Å². The molecule has 1 aliphatic heterocycles. The molecule has 1 aliphatic rings. The van der Waals surface area contributed by atoms with Crippen LogP contribution in [0.15, 0.2) is 48.5 Å². The van der Waals surface area contributed by atoms with Crippen molar-refractivity contribution in [2.75, 3.05) is 29.9 Å². The van der Waals surface area contributed by atoms with E-state index >= 15 is 0 Å². The van der Waals surface area contributed by atoms with E-state index in [4.69, 9.17) is 5.73 Å². The van der Waals surface area contributed by atoms with Crippen LogP contribution in [0, 0.1) is 0 Å². The maximum absolute atomic E-state index is 12.9. The summed E-state index contributed by atoms with van der Waals surface area (Å²) in [5.74, 6) is 1.58. The highest BCUT2D eigenvalue weighted by Crippen LogP contribution is 2.43. The lowest BCUT2D eigenvalue weighted by atomic mass is 10.1. The number of amides is 3. The van der Waals surface area contributed by atoms with E-state index < -0.39 is 5.91 Å². The summed E-state index contributed by atoms with van der Waals surface area (Å²) in [6.07, 6.45) is 1.44. The van der Waals surface area contributed by atoms with Crippen LogP contribution in [0.3, 0.4) is 0 Å². The first kappa shape index (κ1) is 23.2. The number of carbonyl (C=O) groups excluding carboxylic acids is 3. The van der Waals surface area contributed by atoms with Gasteiger partial charge in [-0.3, -0.25) is 14.4 Å². The molecule has 2 aromatic carbocycles. The van der Waals surface area contributed by atoms with E-state index in [-0.39, 0.29) is 18.2 Å². The van der Waals surface area contributed by atoms with Crippen molar-refractivity contribution < 1.29 is 14.4 Å². The minimum atomic E-state index is -0.515. The van der Waals surface area contributed by atoms with Crippen LogP contribution in [0.4, 0.5) is 5.69 Å². The van der Waals surface area contributed by atoms with Gasteiger partial charge in [0.1, 0.15) is 0 Å². The molecule has 2 aromatic rings.